The van der Waals surface area contributed by atoms with Crippen LogP contribution in [0.5, 0.6) is 5.88 Å². The predicted octanol–water partition coefficient (Wildman–Crippen LogP) is 3.22. The first-order valence-electron chi connectivity index (χ1n) is 7.20. The van der Waals surface area contributed by atoms with E-state index in [9.17, 15) is 18.4 Å². The topological polar surface area (TPSA) is 56.3 Å². The number of fused-ring (bicyclic) bond motifs is 1. The van der Waals surface area contributed by atoms with Gasteiger partial charge in [0.15, 0.2) is 11.6 Å². The van der Waals surface area contributed by atoms with Crippen LogP contribution in [0.3, 0.4) is 0 Å². The smallest absolute Gasteiger partial charge is 0.216 e. The Balaban J connectivity index is 2.01. The molecule has 1 aromatic carbocycles. The number of hydrogen-bond acceptors (Lipinski definition) is 4. The van der Waals surface area contributed by atoms with Gasteiger partial charge in [0.1, 0.15) is 11.6 Å². The second-order valence-electron chi connectivity index (χ2n) is 5.45. The summed E-state index contributed by atoms with van der Waals surface area (Å²) in [6.07, 6.45) is 1.07. The van der Waals surface area contributed by atoms with Crippen molar-refractivity contribution < 1.29 is 23.1 Å². The van der Waals surface area contributed by atoms with E-state index in [1.807, 2.05) is 6.92 Å². The lowest BCUT2D eigenvalue weighted by atomic mass is 9.87. The van der Waals surface area contributed by atoms with E-state index in [-0.39, 0.29) is 12.0 Å². The van der Waals surface area contributed by atoms with Gasteiger partial charge in [-0.2, -0.15) is 0 Å². The van der Waals surface area contributed by atoms with Gasteiger partial charge in [-0.05, 0) is 31.2 Å². The Bertz CT molecular complexity index is 903. The van der Waals surface area contributed by atoms with Crippen LogP contribution in [0.4, 0.5) is 8.78 Å². The molecule has 2 aromatic rings. The number of halogens is 2. The molecule has 0 saturated heterocycles. The third kappa shape index (κ3) is 2.60. The van der Waals surface area contributed by atoms with Gasteiger partial charge in [0.05, 0.1) is 18.2 Å². The number of carbonyl (C=O) groups is 2. The van der Waals surface area contributed by atoms with Crippen molar-refractivity contribution >= 4 is 11.6 Å². The zero-order chi connectivity index (χ0) is 17.4. The molecule has 0 N–H and O–H groups in total. The highest BCUT2D eigenvalue weighted by atomic mass is 19.1. The zero-order valence-corrected chi connectivity index (χ0v) is 13.0. The number of nitrogens with zero attached hydrogens (tertiary/aromatic N) is 1. The molecule has 4 nitrogen and oxygen atoms in total. The van der Waals surface area contributed by atoms with Gasteiger partial charge in [-0.25, -0.2) is 13.8 Å². The van der Waals surface area contributed by atoms with E-state index >= 15 is 0 Å². The van der Waals surface area contributed by atoms with Crippen molar-refractivity contribution in [3.05, 3.63) is 69.9 Å². The molecule has 0 saturated carbocycles. The third-order valence-corrected chi connectivity index (χ3v) is 3.85. The number of ether oxygens (including phenoxy) is 1. The standard InChI is InChI=1S/C18H13F2NO3/c1-9-3-4-11(21-18(9)24-2)7-10-8-14(22)15-12(19)5-6-13(20)16(15)17(10)23/h3-6,8H,7H2,1-2H3. The van der Waals surface area contributed by atoms with Crippen molar-refractivity contribution in [1.82, 2.24) is 4.98 Å². The van der Waals surface area contributed by atoms with Gasteiger partial charge in [0.2, 0.25) is 5.88 Å². The molecular formula is C18H13F2NO3. The lowest BCUT2D eigenvalue weighted by molar-refractivity contribution is 0.0975. The molecule has 0 spiro atoms. The minimum Gasteiger partial charge on any atom is -0.481 e. The normalized spacial score (nSPS) is 13.6. The second kappa shape index (κ2) is 5.96. The van der Waals surface area contributed by atoms with Gasteiger partial charge >= 0.3 is 0 Å². The van der Waals surface area contributed by atoms with Crippen LogP contribution in [0.25, 0.3) is 0 Å². The molecule has 1 aromatic heterocycles. The maximum atomic E-state index is 14.0. The molecule has 0 amide bonds. The quantitative estimate of drug-likeness (QED) is 0.867. The Morgan fingerprint density at radius 3 is 2.38 bits per heavy atom. The molecule has 0 aliphatic heterocycles. The number of methoxy groups -OCH3 is 1. The summed E-state index contributed by atoms with van der Waals surface area (Å²) in [7, 11) is 1.47. The summed E-state index contributed by atoms with van der Waals surface area (Å²) in [6, 6.07) is 5.14. The predicted molar refractivity (Wildman–Crippen MR) is 82.3 cm³/mol. The summed E-state index contributed by atoms with van der Waals surface area (Å²) in [4.78, 5) is 28.8. The molecule has 122 valence electrons. The Morgan fingerprint density at radius 2 is 1.71 bits per heavy atom. The monoisotopic (exact) mass is 329 g/mol. The van der Waals surface area contributed by atoms with Crippen LogP contribution in [0, 0.1) is 18.6 Å². The number of benzene rings is 1. The van der Waals surface area contributed by atoms with Crippen LogP contribution >= 0.6 is 0 Å². The van der Waals surface area contributed by atoms with Gasteiger partial charge < -0.3 is 4.74 Å². The molecule has 3 rings (SSSR count). The number of Topliss-reactive ketones (excluding diaryl/α,β-unsaturated/α-hetero) is 1. The molecule has 6 heteroatoms. The molecule has 0 atom stereocenters. The summed E-state index contributed by atoms with van der Waals surface area (Å²) >= 11 is 0. The van der Waals surface area contributed by atoms with Gasteiger partial charge in [-0.1, -0.05) is 6.07 Å². The largest absolute Gasteiger partial charge is 0.481 e. The van der Waals surface area contributed by atoms with E-state index in [0.717, 1.165) is 23.8 Å². The van der Waals surface area contributed by atoms with Crippen molar-refractivity contribution in [3.8, 4) is 5.88 Å². The van der Waals surface area contributed by atoms with Crippen molar-refractivity contribution in [2.24, 2.45) is 0 Å². The molecular weight excluding hydrogens is 316 g/mol. The van der Waals surface area contributed by atoms with Crippen LogP contribution in [-0.2, 0) is 6.42 Å². The van der Waals surface area contributed by atoms with Gasteiger partial charge in [-0.15, -0.1) is 0 Å². The van der Waals surface area contributed by atoms with Crippen LogP contribution < -0.4 is 4.74 Å². The summed E-state index contributed by atoms with van der Waals surface area (Å²) in [6.45, 7) is 1.82. The molecule has 0 fully saturated rings. The van der Waals surface area contributed by atoms with Crippen molar-refractivity contribution in [2.75, 3.05) is 7.11 Å². The van der Waals surface area contributed by atoms with Gasteiger partial charge in [0, 0.05) is 23.3 Å². The molecule has 0 unspecified atom stereocenters. The lowest BCUT2D eigenvalue weighted by Crippen LogP contribution is -2.21. The number of hydrogen-bond donors (Lipinski definition) is 0. The molecule has 24 heavy (non-hydrogen) atoms. The fraction of sp³-hybridized carbons (Fsp3) is 0.167. The minimum absolute atomic E-state index is 0.0244. The average molecular weight is 329 g/mol. The third-order valence-electron chi connectivity index (χ3n) is 3.85. The van der Waals surface area contributed by atoms with Gasteiger partial charge in [-0.3, -0.25) is 9.59 Å². The fourth-order valence-electron chi connectivity index (χ4n) is 2.65. The van der Waals surface area contributed by atoms with Crippen LogP contribution in [0.1, 0.15) is 32.0 Å². The summed E-state index contributed by atoms with van der Waals surface area (Å²) < 4.78 is 32.9. The highest BCUT2D eigenvalue weighted by molar-refractivity contribution is 6.24. The molecule has 0 radical (unpaired) electrons. The minimum atomic E-state index is -0.912. The summed E-state index contributed by atoms with van der Waals surface area (Å²) in [5, 5.41) is 0. The first-order valence-corrected chi connectivity index (χ1v) is 7.20. The van der Waals surface area contributed by atoms with E-state index in [2.05, 4.69) is 4.98 Å². The first-order chi connectivity index (χ1) is 11.4. The van der Waals surface area contributed by atoms with Crippen molar-refractivity contribution in [3.63, 3.8) is 0 Å². The molecule has 1 aliphatic rings. The summed E-state index contributed by atoms with van der Waals surface area (Å²) in [5.74, 6) is -2.85. The molecule has 1 aliphatic carbocycles. The number of ketones is 2. The zero-order valence-electron chi connectivity index (χ0n) is 13.0. The Morgan fingerprint density at radius 1 is 1.04 bits per heavy atom. The number of pyridine rings is 1. The molecule has 0 bridgehead atoms. The highest BCUT2D eigenvalue weighted by Crippen LogP contribution is 2.28. The van der Waals surface area contributed by atoms with E-state index in [0.29, 0.717) is 11.6 Å². The number of aryl methyl sites for hydroxylation is 1. The Kier molecular flexibility index (Phi) is 3.97. The maximum Gasteiger partial charge on any atom is 0.216 e. The first kappa shape index (κ1) is 16.0. The van der Waals surface area contributed by atoms with E-state index in [1.165, 1.54) is 7.11 Å². The van der Waals surface area contributed by atoms with Crippen LogP contribution in [-0.4, -0.2) is 23.7 Å². The second-order valence-corrected chi connectivity index (χ2v) is 5.45. The SMILES string of the molecule is COc1nc(CC2=CC(=O)c3c(F)ccc(F)c3C2=O)ccc1C. The maximum absolute atomic E-state index is 14.0. The van der Waals surface area contributed by atoms with E-state index in [1.54, 1.807) is 12.1 Å². The summed E-state index contributed by atoms with van der Waals surface area (Å²) in [5.41, 5.74) is 0.343. The number of allylic oxidation sites excluding steroid dienone is 2. The van der Waals surface area contributed by atoms with Crippen LogP contribution in [0.15, 0.2) is 35.9 Å². The number of rotatable bonds is 3. The Labute approximate surface area is 136 Å². The molecule has 1 heterocycles. The Hall–Kier alpha value is -2.89. The highest BCUT2D eigenvalue weighted by Gasteiger charge is 2.31. The van der Waals surface area contributed by atoms with Crippen molar-refractivity contribution in [2.45, 2.75) is 13.3 Å². The number of carbonyl (C=O) groups excluding carboxylic acids is 2. The van der Waals surface area contributed by atoms with E-state index < -0.39 is 34.3 Å². The van der Waals surface area contributed by atoms with Crippen LogP contribution in [0.2, 0.25) is 0 Å². The lowest BCUT2D eigenvalue weighted by Gasteiger charge is -2.16. The number of aromatic nitrogens is 1. The van der Waals surface area contributed by atoms with Crippen molar-refractivity contribution in [1.29, 1.82) is 0 Å². The average Bonchev–Trinajstić information content (AvgIpc) is 2.56. The fourth-order valence-corrected chi connectivity index (χ4v) is 2.65. The van der Waals surface area contributed by atoms with E-state index in [4.69, 9.17) is 4.74 Å². The van der Waals surface area contributed by atoms with Gasteiger partial charge in [0.25, 0.3) is 0 Å².